The Hall–Kier alpha value is -2.40. The summed E-state index contributed by atoms with van der Waals surface area (Å²) in [7, 11) is 0. The summed E-state index contributed by atoms with van der Waals surface area (Å²) in [6.07, 6.45) is 8.26. The Morgan fingerprint density at radius 2 is 1.61 bits per heavy atom. The van der Waals surface area contributed by atoms with Gasteiger partial charge in [0, 0.05) is 43.4 Å². The van der Waals surface area contributed by atoms with Gasteiger partial charge in [-0.05, 0) is 75.3 Å². The van der Waals surface area contributed by atoms with E-state index in [1.807, 2.05) is 23.1 Å². The van der Waals surface area contributed by atoms with Gasteiger partial charge in [-0.3, -0.25) is 14.9 Å². The Labute approximate surface area is 197 Å². The summed E-state index contributed by atoms with van der Waals surface area (Å²) in [5.74, 6) is 0.905. The molecule has 3 heterocycles. The molecule has 0 unspecified atom stereocenters. The average molecular weight is 448 g/mol. The lowest BCUT2D eigenvalue weighted by Gasteiger charge is -2.51. The topological polar surface area (TPSA) is 54.3 Å². The molecule has 1 N–H and O–H groups in total. The van der Waals surface area contributed by atoms with Gasteiger partial charge in [0.05, 0.1) is 11.2 Å². The van der Waals surface area contributed by atoms with E-state index < -0.39 is 0 Å². The molecule has 1 amide bonds. The number of hydrogen-bond donors (Lipinski definition) is 1. The fourth-order valence-corrected chi connectivity index (χ4v) is 6.50. The summed E-state index contributed by atoms with van der Waals surface area (Å²) in [4.78, 5) is 27.5. The number of rotatable bonds is 3. The number of nitrogens with one attached hydrogen (secondary N) is 1. The van der Waals surface area contributed by atoms with E-state index in [1.54, 1.807) is 6.92 Å². The molecule has 1 saturated heterocycles. The first-order chi connectivity index (χ1) is 15.8. The van der Waals surface area contributed by atoms with Gasteiger partial charge in [0.2, 0.25) is 0 Å². The van der Waals surface area contributed by atoms with Crippen LogP contribution in [0.25, 0.3) is 0 Å². The van der Waals surface area contributed by atoms with Crippen molar-refractivity contribution in [1.82, 2.24) is 14.8 Å². The van der Waals surface area contributed by atoms with Crippen molar-refractivity contribution in [3.05, 3.63) is 58.9 Å². The van der Waals surface area contributed by atoms with Gasteiger partial charge < -0.3 is 9.47 Å². The lowest BCUT2D eigenvalue weighted by atomic mass is 9.79. The minimum absolute atomic E-state index is 0.110. The first-order valence-electron chi connectivity index (χ1n) is 12.7. The molecule has 0 atom stereocenters. The number of Topliss-reactive ketones (excluding diaryl/α,β-unsaturated/α-hetero) is 1. The molecule has 1 aromatic heterocycles. The molecule has 2 aromatic rings. The minimum atomic E-state index is -0.197. The second kappa shape index (κ2) is 8.43. The number of nitrogens with zero attached hydrogens (tertiary/aromatic N) is 2. The van der Waals surface area contributed by atoms with Crippen LogP contribution in [-0.2, 0) is 12.1 Å². The fourth-order valence-electron chi connectivity index (χ4n) is 6.50. The third-order valence-corrected chi connectivity index (χ3v) is 8.10. The predicted molar refractivity (Wildman–Crippen MR) is 131 cm³/mol. The number of fused-ring (bicyclic) bond motifs is 2. The summed E-state index contributed by atoms with van der Waals surface area (Å²) < 4.78 is 2.21. The number of hydrogen-bond acceptors (Lipinski definition) is 3. The van der Waals surface area contributed by atoms with Gasteiger partial charge in [-0.25, -0.2) is 0 Å². The maximum atomic E-state index is 13.3. The van der Waals surface area contributed by atoms with E-state index in [0.717, 1.165) is 30.6 Å². The van der Waals surface area contributed by atoms with Crippen LogP contribution in [0.1, 0.15) is 104 Å². The van der Waals surface area contributed by atoms with Crippen molar-refractivity contribution < 1.29 is 9.59 Å². The van der Waals surface area contributed by atoms with Crippen molar-refractivity contribution in [2.75, 3.05) is 13.1 Å². The summed E-state index contributed by atoms with van der Waals surface area (Å²) in [6, 6.07) is 12.5. The zero-order valence-corrected chi connectivity index (χ0v) is 20.3. The summed E-state index contributed by atoms with van der Waals surface area (Å²) in [6.45, 7) is 8.26. The number of carbonyl (C=O) groups is 2. The monoisotopic (exact) mass is 447 g/mol. The highest BCUT2D eigenvalue weighted by atomic mass is 16.2. The van der Waals surface area contributed by atoms with Crippen LogP contribution in [0.5, 0.6) is 0 Å². The van der Waals surface area contributed by atoms with Crippen molar-refractivity contribution in [1.29, 1.82) is 0 Å². The Kier molecular flexibility index (Phi) is 5.72. The van der Waals surface area contributed by atoms with E-state index >= 15 is 0 Å². The maximum Gasteiger partial charge on any atom is 0.253 e. The summed E-state index contributed by atoms with van der Waals surface area (Å²) in [5, 5.41) is 3.89. The molecular formula is C28H37N3O2. The van der Waals surface area contributed by atoms with E-state index in [2.05, 4.69) is 41.9 Å². The highest BCUT2D eigenvalue weighted by Crippen LogP contribution is 2.40. The van der Waals surface area contributed by atoms with Crippen LogP contribution in [0.2, 0.25) is 0 Å². The van der Waals surface area contributed by atoms with Gasteiger partial charge in [-0.1, -0.05) is 31.4 Å². The Morgan fingerprint density at radius 3 is 2.24 bits per heavy atom. The molecule has 1 spiro atoms. The SMILES string of the molecule is CC(=O)c1ccc2n1CC(C)(C)NC21CCN(C(=O)c2ccc(C3CCCCC3)cc2)CC1. The standard InChI is InChI=1S/C28H37N3O2/c1-20(32)24-13-14-25-28(29-27(2,3)19-31(24)25)15-17-30(18-16-28)26(33)23-11-9-22(10-12-23)21-7-5-4-6-8-21/h9-14,21,29H,4-8,15-19H2,1-3H3. The van der Waals surface area contributed by atoms with Gasteiger partial charge in [0.1, 0.15) is 0 Å². The zero-order valence-electron chi connectivity index (χ0n) is 20.3. The van der Waals surface area contributed by atoms with Crippen LogP contribution >= 0.6 is 0 Å². The third kappa shape index (κ3) is 4.16. The van der Waals surface area contributed by atoms with Crippen molar-refractivity contribution >= 4 is 11.7 Å². The number of aromatic nitrogens is 1. The van der Waals surface area contributed by atoms with Gasteiger partial charge in [0.15, 0.2) is 5.78 Å². The van der Waals surface area contributed by atoms with Crippen LogP contribution in [0.15, 0.2) is 36.4 Å². The van der Waals surface area contributed by atoms with Crippen molar-refractivity contribution in [2.45, 2.75) is 89.3 Å². The number of amides is 1. The number of piperidine rings is 1. The van der Waals surface area contributed by atoms with Crippen LogP contribution < -0.4 is 5.32 Å². The molecule has 2 aliphatic heterocycles. The molecule has 1 aliphatic carbocycles. The highest BCUT2D eigenvalue weighted by Gasteiger charge is 2.46. The Bertz CT molecular complexity index is 1040. The summed E-state index contributed by atoms with van der Waals surface area (Å²) >= 11 is 0. The molecule has 5 heteroatoms. The van der Waals surface area contributed by atoms with Crippen molar-refractivity contribution in [3.8, 4) is 0 Å². The van der Waals surface area contributed by atoms with E-state index in [4.69, 9.17) is 0 Å². The first-order valence-corrected chi connectivity index (χ1v) is 12.7. The first kappa shape index (κ1) is 22.4. The second-order valence-corrected chi connectivity index (χ2v) is 11.1. The molecule has 0 radical (unpaired) electrons. The molecule has 33 heavy (non-hydrogen) atoms. The minimum Gasteiger partial charge on any atom is -0.339 e. The third-order valence-electron chi connectivity index (χ3n) is 8.10. The van der Waals surface area contributed by atoms with E-state index in [0.29, 0.717) is 19.0 Å². The number of likely N-dealkylation sites (tertiary alicyclic amines) is 1. The lowest BCUT2D eigenvalue weighted by Crippen LogP contribution is -2.63. The van der Waals surface area contributed by atoms with Gasteiger partial charge in [0.25, 0.3) is 5.91 Å². The number of benzene rings is 1. The van der Waals surface area contributed by atoms with Crippen LogP contribution in [0.3, 0.4) is 0 Å². The van der Waals surface area contributed by atoms with E-state index in [1.165, 1.54) is 43.4 Å². The van der Waals surface area contributed by atoms with Crippen LogP contribution in [0, 0.1) is 0 Å². The highest BCUT2D eigenvalue weighted by molar-refractivity contribution is 5.94. The Morgan fingerprint density at radius 1 is 0.939 bits per heavy atom. The predicted octanol–water partition coefficient (Wildman–Crippen LogP) is 5.25. The molecule has 1 saturated carbocycles. The van der Waals surface area contributed by atoms with Crippen LogP contribution in [0.4, 0.5) is 0 Å². The van der Waals surface area contributed by atoms with Crippen molar-refractivity contribution in [2.24, 2.45) is 0 Å². The molecular weight excluding hydrogens is 410 g/mol. The molecule has 5 nitrogen and oxygen atoms in total. The second-order valence-electron chi connectivity index (χ2n) is 11.1. The molecule has 176 valence electrons. The molecule has 1 aromatic carbocycles. The maximum absolute atomic E-state index is 13.3. The number of ketones is 1. The zero-order chi connectivity index (χ0) is 23.2. The molecule has 3 aliphatic rings. The van der Waals surface area contributed by atoms with E-state index in [9.17, 15) is 9.59 Å². The Balaban J connectivity index is 1.31. The quantitative estimate of drug-likeness (QED) is 0.654. The van der Waals surface area contributed by atoms with Gasteiger partial charge >= 0.3 is 0 Å². The molecule has 5 rings (SSSR count). The van der Waals surface area contributed by atoms with Crippen LogP contribution in [-0.4, -0.2) is 39.8 Å². The van der Waals surface area contributed by atoms with Gasteiger partial charge in [-0.2, -0.15) is 0 Å². The fraction of sp³-hybridized carbons (Fsp3) is 0.571. The normalized spacial score (nSPS) is 22.2. The lowest BCUT2D eigenvalue weighted by molar-refractivity contribution is 0.0519. The number of carbonyl (C=O) groups excluding carboxylic acids is 2. The average Bonchev–Trinajstić information content (AvgIpc) is 3.24. The molecule has 0 bridgehead atoms. The summed E-state index contributed by atoms with van der Waals surface area (Å²) in [5.41, 5.74) is 3.85. The van der Waals surface area contributed by atoms with E-state index in [-0.39, 0.29) is 22.8 Å². The largest absolute Gasteiger partial charge is 0.339 e. The smallest absolute Gasteiger partial charge is 0.253 e. The van der Waals surface area contributed by atoms with Crippen molar-refractivity contribution in [3.63, 3.8) is 0 Å². The molecule has 2 fully saturated rings. The van der Waals surface area contributed by atoms with Gasteiger partial charge in [-0.15, -0.1) is 0 Å².